The highest BCUT2D eigenvalue weighted by Gasteiger charge is 2.51. The summed E-state index contributed by atoms with van der Waals surface area (Å²) < 4.78 is 5.67. The third kappa shape index (κ3) is 3.00. The lowest BCUT2D eigenvalue weighted by Crippen LogP contribution is -2.64. The lowest BCUT2D eigenvalue weighted by atomic mass is 9.64. The molecule has 0 aromatic heterocycles. The van der Waals surface area contributed by atoms with Crippen molar-refractivity contribution in [3.05, 3.63) is 0 Å². The van der Waals surface area contributed by atoms with Crippen LogP contribution < -0.4 is 11.1 Å². The quantitative estimate of drug-likeness (QED) is 0.289. The maximum absolute atomic E-state index is 12.7. The molecule has 0 bridgehead atoms. The van der Waals surface area contributed by atoms with Gasteiger partial charge in [-0.1, -0.05) is 32.9 Å². The van der Waals surface area contributed by atoms with Crippen LogP contribution in [0.2, 0.25) is 0 Å². The van der Waals surface area contributed by atoms with Gasteiger partial charge in [0.05, 0.1) is 6.10 Å². The van der Waals surface area contributed by atoms with Gasteiger partial charge in [0.2, 0.25) is 5.91 Å². The maximum Gasteiger partial charge on any atom is 0.234 e. The Bertz CT molecular complexity index is 403. The molecule has 122 valence electrons. The highest BCUT2D eigenvalue weighted by atomic mass is 16.5. The molecule has 1 aliphatic carbocycles. The lowest BCUT2D eigenvalue weighted by molar-refractivity contribution is -0.142. The van der Waals surface area contributed by atoms with Gasteiger partial charge in [-0.05, 0) is 26.2 Å². The zero-order chi connectivity index (χ0) is 16.3. The molecule has 0 heterocycles. The molecule has 1 fully saturated rings. The molecule has 0 aromatic rings. The standard InChI is InChI=1S/C15H29N3O3/c1-6-15(7-2,12(16)18-20)13(19)17-10-9-11(21-8-3)14(10,4)5/h10-11,20H,6-9H2,1-5H3,(H2,16,18)(H,17,19). The number of nitrogens with zero attached hydrogens (tertiary/aromatic N) is 1. The first kappa shape index (κ1) is 17.8. The minimum absolute atomic E-state index is 0.0245. The van der Waals surface area contributed by atoms with Crippen LogP contribution in [0.15, 0.2) is 5.16 Å². The summed E-state index contributed by atoms with van der Waals surface area (Å²) in [5.74, 6) is -0.195. The fourth-order valence-corrected chi connectivity index (χ4v) is 3.06. The van der Waals surface area contributed by atoms with E-state index in [0.717, 1.165) is 6.42 Å². The van der Waals surface area contributed by atoms with Gasteiger partial charge in [0.15, 0.2) is 5.84 Å². The molecule has 2 unspecified atom stereocenters. The van der Waals surface area contributed by atoms with E-state index in [4.69, 9.17) is 15.7 Å². The number of hydrogen-bond donors (Lipinski definition) is 3. The van der Waals surface area contributed by atoms with Gasteiger partial charge >= 0.3 is 0 Å². The normalized spacial score (nSPS) is 25.3. The van der Waals surface area contributed by atoms with Crippen LogP contribution in [-0.2, 0) is 9.53 Å². The number of carbonyl (C=O) groups is 1. The number of amides is 1. The first-order valence-electron chi connectivity index (χ1n) is 7.70. The van der Waals surface area contributed by atoms with E-state index in [2.05, 4.69) is 24.3 Å². The number of ether oxygens (including phenoxy) is 1. The topological polar surface area (TPSA) is 96.9 Å². The van der Waals surface area contributed by atoms with Crippen molar-refractivity contribution in [2.24, 2.45) is 21.7 Å². The average molecular weight is 299 g/mol. The van der Waals surface area contributed by atoms with Crippen LogP contribution in [0, 0.1) is 10.8 Å². The molecule has 0 spiro atoms. The van der Waals surface area contributed by atoms with E-state index in [-0.39, 0.29) is 29.3 Å². The Kier molecular flexibility index (Phi) is 5.61. The summed E-state index contributed by atoms with van der Waals surface area (Å²) >= 11 is 0. The first-order valence-corrected chi connectivity index (χ1v) is 7.70. The fraction of sp³-hybridized carbons (Fsp3) is 0.867. The highest BCUT2D eigenvalue weighted by molar-refractivity contribution is 6.06. The lowest BCUT2D eigenvalue weighted by Gasteiger charge is -2.52. The SMILES string of the molecule is CCOC1CC(NC(=O)C(CC)(CC)C(N)=NO)C1(C)C. The summed E-state index contributed by atoms with van der Waals surface area (Å²) in [5.41, 5.74) is 4.72. The molecule has 1 amide bonds. The van der Waals surface area contributed by atoms with Crippen molar-refractivity contribution in [1.29, 1.82) is 0 Å². The van der Waals surface area contributed by atoms with E-state index < -0.39 is 5.41 Å². The summed E-state index contributed by atoms with van der Waals surface area (Å²) in [7, 11) is 0. The second-order valence-corrected chi connectivity index (χ2v) is 6.30. The monoisotopic (exact) mass is 299 g/mol. The van der Waals surface area contributed by atoms with Crippen LogP contribution >= 0.6 is 0 Å². The number of amidine groups is 1. The Labute approximate surface area is 127 Å². The molecule has 0 aromatic carbocycles. The molecule has 21 heavy (non-hydrogen) atoms. The highest BCUT2D eigenvalue weighted by Crippen LogP contribution is 2.43. The summed E-state index contributed by atoms with van der Waals surface area (Å²) in [6.45, 7) is 10.6. The molecule has 6 nitrogen and oxygen atoms in total. The van der Waals surface area contributed by atoms with Crippen LogP contribution in [0.25, 0.3) is 0 Å². The number of hydrogen-bond acceptors (Lipinski definition) is 4. The molecule has 2 atom stereocenters. The van der Waals surface area contributed by atoms with E-state index in [1.165, 1.54) is 0 Å². The molecular weight excluding hydrogens is 270 g/mol. The van der Waals surface area contributed by atoms with Gasteiger partial charge < -0.3 is 21.0 Å². The van der Waals surface area contributed by atoms with E-state index in [9.17, 15) is 4.79 Å². The predicted molar refractivity (Wildman–Crippen MR) is 82.2 cm³/mol. The van der Waals surface area contributed by atoms with E-state index >= 15 is 0 Å². The van der Waals surface area contributed by atoms with Crippen molar-refractivity contribution >= 4 is 11.7 Å². The van der Waals surface area contributed by atoms with Gasteiger partial charge in [-0.25, -0.2) is 0 Å². The van der Waals surface area contributed by atoms with Crippen LogP contribution in [0.5, 0.6) is 0 Å². The van der Waals surface area contributed by atoms with Gasteiger partial charge in [0.1, 0.15) is 5.41 Å². The van der Waals surface area contributed by atoms with Gasteiger partial charge in [-0.2, -0.15) is 0 Å². The second kappa shape index (κ2) is 6.64. The van der Waals surface area contributed by atoms with Crippen LogP contribution in [0.3, 0.4) is 0 Å². The minimum Gasteiger partial charge on any atom is -0.409 e. The molecule has 0 aliphatic heterocycles. The molecule has 1 aliphatic rings. The van der Waals surface area contributed by atoms with Crippen molar-refractivity contribution < 1.29 is 14.7 Å². The molecule has 1 rings (SSSR count). The Morgan fingerprint density at radius 2 is 2.00 bits per heavy atom. The first-order chi connectivity index (χ1) is 9.79. The largest absolute Gasteiger partial charge is 0.409 e. The Morgan fingerprint density at radius 1 is 1.43 bits per heavy atom. The van der Waals surface area contributed by atoms with Crippen molar-refractivity contribution in [2.75, 3.05) is 6.61 Å². The smallest absolute Gasteiger partial charge is 0.234 e. The molecule has 4 N–H and O–H groups in total. The Morgan fingerprint density at radius 3 is 2.38 bits per heavy atom. The summed E-state index contributed by atoms with van der Waals surface area (Å²) in [6, 6.07) is 0.0468. The molecule has 0 radical (unpaired) electrons. The van der Waals surface area contributed by atoms with E-state index in [1.807, 2.05) is 20.8 Å². The summed E-state index contributed by atoms with van der Waals surface area (Å²) in [6.07, 6.45) is 1.95. The number of nitrogens with two attached hydrogens (primary N) is 1. The van der Waals surface area contributed by atoms with Crippen molar-refractivity contribution in [1.82, 2.24) is 5.32 Å². The Hall–Kier alpha value is -1.30. The molecule has 6 heteroatoms. The van der Waals surface area contributed by atoms with Gasteiger partial charge in [0.25, 0.3) is 0 Å². The van der Waals surface area contributed by atoms with Crippen molar-refractivity contribution in [2.45, 2.75) is 66.0 Å². The Balaban J connectivity index is 2.81. The summed E-state index contributed by atoms with van der Waals surface area (Å²) in [4.78, 5) is 12.7. The number of oxime groups is 1. The maximum atomic E-state index is 12.7. The third-order valence-corrected chi connectivity index (χ3v) is 5.09. The molecule has 1 saturated carbocycles. The number of nitrogens with one attached hydrogen (secondary N) is 1. The predicted octanol–water partition coefficient (Wildman–Crippen LogP) is 1.86. The second-order valence-electron chi connectivity index (χ2n) is 6.30. The minimum atomic E-state index is -0.943. The van der Waals surface area contributed by atoms with E-state index in [0.29, 0.717) is 19.4 Å². The van der Waals surface area contributed by atoms with Gasteiger partial charge in [0, 0.05) is 18.1 Å². The zero-order valence-electron chi connectivity index (χ0n) is 13.8. The average Bonchev–Trinajstić information content (AvgIpc) is 2.47. The van der Waals surface area contributed by atoms with Crippen LogP contribution in [-0.4, -0.2) is 35.7 Å². The number of carbonyl (C=O) groups excluding carboxylic acids is 1. The third-order valence-electron chi connectivity index (χ3n) is 5.09. The zero-order valence-corrected chi connectivity index (χ0v) is 13.8. The van der Waals surface area contributed by atoms with Gasteiger partial charge in [-0.3, -0.25) is 4.79 Å². The van der Waals surface area contributed by atoms with Crippen molar-refractivity contribution in [3.8, 4) is 0 Å². The van der Waals surface area contributed by atoms with Gasteiger partial charge in [-0.15, -0.1) is 0 Å². The number of rotatable bonds is 7. The fourth-order valence-electron chi connectivity index (χ4n) is 3.06. The molecule has 0 saturated heterocycles. The van der Waals surface area contributed by atoms with Crippen LogP contribution in [0.4, 0.5) is 0 Å². The van der Waals surface area contributed by atoms with Crippen LogP contribution in [0.1, 0.15) is 53.9 Å². The van der Waals surface area contributed by atoms with E-state index in [1.54, 1.807) is 0 Å². The van der Waals surface area contributed by atoms with Crippen molar-refractivity contribution in [3.63, 3.8) is 0 Å². The summed E-state index contributed by atoms with van der Waals surface area (Å²) in [5, 5.41) is 15.1. The molecular formula is C15H29N3O3.